The molecule has 0 bridgehead atoms. The molecular formula is C13H19Br2ClN2O2. The highest BCUT2D eigenvalue weighted by Crippen LogP contribution is 2.29. The summed E-state index contributed by atoms with van der Waals surface area (Å²) in [6.45, 7) is 7.20. The first-order valence-corrected chi connectivity index (χ1v) is 7.72. The number of hydrogen-bond donors (Lipinski definition) is 1. The summed E-state index contributed by atoms with van der Waals surface area (Å²) >= 11 is 6.62. The van der Waals surface area contributed by atoms with Crippen LogP contribution in [0.1, 0.15) is 24.2 Å². The van der Waals surface area contributed by atoms with Crippen LogP contribution in [0.3, 0.4) is 0 Å². The van der Waals surface area contributed by atoms with Crippen molar-refractivity contribution in [2.24, 2.45) is 0 Å². The number of hydrogen-bond acceptors (Lipinski definition) is 4. The zero-order chi connectivity index (χ0) is 14.4. The van der Waals surface area contributed by atoms with Gasteiger partial charge in [-0.3, -0.25) is 0 Å². The van der Waals surface area contributed by atoms with Gasteiger partial charge in [0.25, 0.3) is 0 Å². The van der Waals surface area contributed by atoms with Gasteiger partial charge in [-0.25, -0.2) is 4.79 Å². The van der Waals surface area contributed by atoms with Crippen LogP contribution in [0.5, 0.6) is 0 Å². The highest BCUT2D eigenvalue weighted by atomic mass is 79.9. The highest BCUT2D eigenvalue weighted by molar-refractivity contribution is 9.11. The van der Waals surface area contributed by atoms with Gasteiger partial charge in [0.05, 0.1) is 11.3 Å². The van der Waals surface area contributed by atoms with Crippen molar-refractivity contribution in [3.8, 4) is 0 Å². The molecule has 1 aromatic rings. The molecule has 0 aliphatic carbocycles. The zero-order valence-electron chi connectivity index (χ0n) is 11.5. The quantitative estimate of drug-likeness (QED) is 0.552. The Morgan fingerprint density at radius 2 is 1.75 bits per heavy atom. The Labute approximate surface area is 142 Å². The number of likely N-dealkylation sites (N-methyl/N-ethyl adjacent to an activating group) is 1. The fraction of sp³-hybridized carbons (Fsp3) is 0.462. The predicted molar refractivity (Wildman–Crippen MR) is 91.6 cm³/mol. The van der Waals surface area contributed by atoms with Crippen LogP contribution in [0.2, 0.25) is 0 Å². The first-order chi connectivity index (χ1) is 8.99. The number of esters is 1. The van der Waals surface area contributed by atoms with Gasteiger partial charge in [-0.05, 0) is 57.1 Å². The summed E-state index contributed by atoms with van der Waals surface area (Å²) in [5.74, 6) is -0.339. The largest absolute Gasteiger partial charge is 0.461 e. The summed E-state index contributed by atoms with van der Waals surface area (Å²) in [5.41, 5.74) is 6.82. The Kier molecular flexibility index (Phi) is 9.46. The molecule has 0 aliphatic heterocycles. The van der Waals surface area contributed by atoms with Crippen molar-refractivity contribution in [1.29, 1.82) is 0 Å². The molecule has 0 saturated heterocycles. The number of nitrogen functional groups attached to an aromatic ring is 1. The van der Waals surface area contributed by atoms with Crippen LogP contribution in [0.15, 0.2) is 21.1 Å². The number of nitrogens with two attached hydrogens (primary N) is 1. The minimum Gasteiger partial charge on any atom is -0.461 e. The number of anilines is 1. The van der Waals surface area contributed by atoms with Crippen LogP contribution in [0, 0.1) is 0 Å². The number of halogens is 3. The maximum absolute atomic E-state index is 11.9. The van der Waals surface area contributed by atoms with Gasteiger partial charge in [-0.2, -0.15) is 0 Å². The molecule has 1 rings (SSSR count). The summed E-state index contributed by atoms with van der Waals surface area (Å²) in [5, 5.41) is 0. The first-order valence-electron chi connectivity index (χ1n) is 6.13. The molecule has 0 radical (unpaired) electrons. The molecule has 0 aliphatic rings. The standard InChI is InChI=1S/C13H18Br2N2O2.ClH/c1-3-17(4-2)5-6-19-13(18)9-7-10(14)12(16)11(15)8-9;/h7-8H,3-6,16H2,1-2H3;1H. The molecule has 1 aromatic carbocycles. The van der Waals surface area contributed by atoms with Crippen LogP contribution in [0.25, 0.3) is 0 Å². The smallest absolute Gasteiger partial charge is 0.338 e. The number of rotatable bonds is 6. The maximum Gasteiger partial charge on any atom is 0.338 e. The first kappa shape index (κ1) is 19.7. The van der Waals surface area contributed by atoms with Gasteiger partial charge in [-0.15, -0.1) is 12.4 Å². The van der Waals surface area contributed by atoms with E-state index in [1.54, 1.807) is 12.1 Å². The van der Waals surface area contributed by atoms with E-state index in [4.69, 9.17) is 10.5 Å². The average molecular weight is 431 g/mol. The normalized spacial score (nSPS) is 10.2. The molecule has 2 N–H and O–H groups in total. The van der Waals surface area contributed by atoms with E-state index >= 15 is 0 Å². The Morgan fingerprint density at radius 3 is 2.20 bits per heavy atom. The number of carbonyl (C=O) groups is 1. The molecule has 0 spiro atoms. The predicted octanol–water partition coefficient (Wildman–Crippen LogP) is 3.71. The lowest BCUT2D eigenvalue weighted by Crippen LogP contribution is -2.27. The van der Waals surface area contributed by atoms with E-state index in [9.17, 15) is 4.79 Å². The number of ether oxygens (including phenoxy) is 1. The van der Waals surface area contributed by atoms with Crippen molar-refractivity contribution in [2.75, 3.05) is 32.0 Å². The summed E-state index contributed by atoms with van der Waals surface area (Å²) in [4.78, 5) is 14.1. The number of nitrogens with zero attached hydrogens (tertiary/aromatic N) is 1. The molecule has 20 heavy (non-hydrogen) atoms. The molecule has 0 saturated carbocycles. The summed E-state index contributed by atoms with van der Waals surface area (Å²) in [7, 11) is 0. The van der Waals surface area contributed by atoms with Crippen molar-refractivity contribution in [3.63, 3.8) is 0 Å². The van der Waals surface area contributed by atoms with E-state index in [1.165, 1.54) is 0 Å². The molecule has 4 nitrogen and oxygen atoms in total. The fourth-order valence-electron chi connectivity index (χ4n) is 1.59. The highest BCUT2D eigenvalue weighted by Gasteiger charge is 2.12. The molecule has 0 fully saturated rings. The van der Waals surface area contributed by atoms with E-state index in [0.29, 0.717) is 26.8 Å². The Hall–Kier alpha value is -0.300. The van der Waals surface area contributed by atoms with E-state index in [1.807, 2.05) is 0 Å². The fourth-order valence-corrected chi connectivity index (χ4v) is 2.78. The van der Waals surface area contributed by atoms with E-state index in [0.717, 1.165) is 19.6 Å². The molecule has 0 heterocycles. The van der Waals surface area contributed by atoms with Gasteiger partial charge >= 0.3 is 5.97 Å². The molecular weight excluding hydrogens is 411 g/mol. The van der Waals surface area contributed by atoms with Crippen LogP contribution >= 0.6 is 44.3 Å². The van der Waals surface area contributed by atoms with Gasteiger partial charge < -0.3 is 15.4 Å². The molecule has 114 valence electrons. The van der Waals surface area contributed by atoms with Crippen molar-refractivity contribution in [1.82, 2.24) is 4.90 Å². The van der Waals surface area contributed by atoms with Crippen LogP contribution in [-0.4, -0.2) is 37.1 Å². The third kappa shape index (κ3) is 5.60. The second-order valence-corrected chi connectivity index (χ2v) is 5.73. The van der Waals surface area contributed by atoms with E-state index in [-0.39, 0.29) is 18.4 Å². The minimum atomic E-state index is -0.339. The van der Waals surface area contributed by atoms with Gasteiger partial charge in [-0.1, -0.05) is 13.8 Å². The van der Waals surface area contributed by atoms with Gasteiger partial charge in [0.15, 0.2) is 0 Å². The Balaban J connectivity index is 0.00000361. The maximum atomic E-state index is 11.9. The van der Waals surface area contributed by atoms with Gasteiger partial charge in [0, 0.05) is 15.5 Å². The van der Waals surface area contributed by atoms with Crippen molar-refractivity contribution < 1.29 is 9.53 Å². The molecule has 0 amide bonds. The number of carbonyl (C=O) groups excluding carboxylic acids is 1. The lowest BCUT2D eigenvalue weighted by atomic mass is 10.2. The molecule has 0 atom stereocenters. The summed E-state index contributed by atoms with van der Waals surface area (Å²) < 4.78 is 6.61. The van der Waals surface area contributed by atoms with Crippen LogP contribution in [0.4, 0.5) is 5.69 Å². The Bertz CT molecular complexity index is 431. The SMILES string of the molecule is CCN(CC)CCOC(=O)c1cc(Br)c(N)c(Br)c1.Cl. The zero-order valence-corrected chi connectivity index (χ0v) is 15.5. The molecule has 7 heteroatoms. The van der Waals surface area contributed by atoms with E-state index in [2.05, 4.69) is 50.6 Å². The third-order valence-electron chi connectivity index (χ3n) is 2.85. The average Bonchev–Trinajstić information content (AvgIpc) is 2.40. The van der Waals surface area contributed by atoms with Gasteiger partial charge in [0.2, 0.25) is 0 Å². The lowest BCUT2D eigenvalue weighted by molar-refractivity contribution is 0.0466. The molecule has 0 unspecified atom stereocenters. The second kappa shape index (κ2) is 9.60. The van der Waals surface area contributed by atoms with Crippen LogP contribution < -0.4 is 5.73 Å². The summed E-state index contributed by atoms with van der Waals surface area (Å²) in [6, 6.07) is 3.33. The monoisotopic (exact) mass is 428 g/mol. The minimum absolute atomic E-state index is 0. The Morgan fingerprint density at radius 1 is 1.25 bits per heavy atom. The van der Waals surface area contributed by atoms with Crippen LogP contribution in [-0.2, 0) is 4.74 Å². The number of benzene rings is 1. The van der Waals surface area contributed by atoms with E-state index < -0.39 is 0 Å². The van der Waals surface area contributed by atoms with Crippen molar-refractivity contribution >= 4 is 55.9 Å². The second-order valence-electron chi connectivity index (χ2n) is 4.02. The lowest BCUT2D eigenvalue weighted by Gasteiger charge is -2.17. The van der Waals surface area contributed by atoms with Crippen molar-refractivity contribution in [3.05, 3.63) is 26.6 Å². The van der Waals surface area contributed by atoms with Crippen molar-refractivity contribution in [2.45, 2.75) is 13.8 Å². The summed E-state index contributed by atoms with van der Waals surface area (Å²) in [6.07, 6.45) is 0. The topological polar surface area (TPSA) is 55.6 Å². The molecule has 0 aromatic heterocycles. The third-order valence-corrected chi connectivity index (χ3v) is 4.16. The van der Waals surface area contributed by atoms with Gasteiger partial charge in [0.1, 0.15) is 6.61 Å².